The zero-order valence-corrected chi connectivity index (χ0v) is 17.5. The van der Waals surface area contributed by atoms with Crippen LogP contribution in [0.2, 0.25) is 0 Å². The van der Waals surface area contributed by atoms with Crippen LogP contribution in [0.25, 0.3) is 17.2 Å². The summed E-state index contributed by atoms with van der Waals surface area (Å²) in [5, 5.41) is 0. The molecule has 0 spiro atoms. The van der Waals surface area contributed by atoms with Gasteiger partial charge in [0.05, 0.1) is 13.7 Å². The lowest BCUT2D eigenvalue weighted by Crippen LogP contribution is -2.05. The summed E-state index contributed by atoms with van der Waals surface area (Å²) >= 11 is 0. The molecule has 5 heteroatoms. The molecule has 0 radical (unpaired) electrons. The SMILES string of the molecule is CCCOc1ccc(/C=C2\N=C(c3ccc(-c4ccccc4)cc3)OC2=O)cc1OC. The highest BCUT2D eigenvalue weighted by Crippen LogP contribution is 2.30. The summed E-state index contributed by atoms with van der Waals surface area (Å²) in [6, 6.07) is 23.4. The van der Waals surface area contributed by atoms with Gasteiger partial charge in [0.2, 0.25) is 5.90 Å². The Kier molecular flexibility index (Phi) is 6.13. The number of esters is 1. The highest BCUT2D eigenvalue weighted by molar-refractivity contribution is 6.13. The standard InChI is InChI=1S/C26H23NO4/c1-3-15-30-23-14-9-18(17-24(23)29-2)16-22-26(28)31-25(27-22)21-12-10-20(11-13-21)19-7-5-4-6-8-19/h4-14,16-17H,3,15H2,1-2H3/b22-16-. The van der Waals surface area contributed by atoms with E-state index in [2.05, 4.69) is 17.1 Å². The van der Waals surface area contributed by atoms with Gasteiger partial charge in [0.25, 0.3) is 0 Å². The summed E-state index contributed by atoms with van der Waals surface area (Å²) in [6.07, 6.45) is 2.59. The van der Waals surface area contributed by atoms with Gasteiger partial charge in [-0.15, -0.1) is 0 Å². The number of cyclic esters (lactones) is 1. The average Bonchev–Trinajstić information content (AvgIpc) is 3.18. The summed E-state index contributed by atoms with van der Waals surface area (Å²) in [4.78, 5) is 16.8. The van der Waals surface area contributed by atoms with Gasteiger partial charge in [-0.1, -0.05) is 55.5 Å². The Balaban J connectivity index is 1.56. The Morgan fingerprint density at radius 3 is 2.32 bits per heavy atom. The molecule has 3 aromatic carbocycles. The van der Waals surface area contributed by atoms with Crippen molar-refractivity contribution < 1.29 is 19.0 Å². The summed E-state index contributed by atoms with van der Waals surface area (Å²) in [7, 11) is 1.59. The largest absolute Gasteiger partial charge is 0.493 e. The minimum absolute atomic E-state index is 0.242. The van der Waals surface area contributed by atoms with Gasteiger partial charge in [-0.25, -0.2) is 9.79 Å². The summed E-state index contributed by atoms with van der Waals surface area (Å²) in [5.41, 5.74) is 3.98. The zero-order chi connectivity index (χ0) is 21.6. The van der Waals surface area contributed by atoms with Crippen molar-refractivity contribution in [3.05, 3.63) is 89.6 Å². The molecule has 0 amide bonds. The fourth-order valence-electron chi connectivity index (χ4n) is 3.23. The molecule has 1 heterocycles. The van der Waals surface area contributed by atoms with Crippen molar-refractivity contribution in [3.8, 4) is 22.6 Å². The van der Waals surface area contributed by atoms with E-state index >= 15 is 0 Å². The minimum Gasteiger partial charge on any atom is -0.493 e. The number of rotatable bonds is 7. The van der Waals surface area contributed by atoms with Gasteiger partial charge < -0.3 is 14.2 Å². The smallest absolute Gasteiger partial charge is 0.363 e. The van der Waals surface area contributed by atoms with E-state index in [0.29, 0.717) is 24.0 Å². The number of hydrogen-bond acceptors (Lipinski definition) is 5. The fraction of sp³-hybridized carbons (Fsp3) is 0.154. The number of carbonyl (C=O) groups excluding carboxylic acids is 1. The molecule has 31 heavy (non-hydrogen) atoms. The average molecular weight is 413 g/mol. The molecule has 156 valence electrons. The molecule has 0 aromatic heterocycles. The van der Waals surface area contributed by atoms with E-state index in [1.165, 1.54) is 0 Å². The van der Waals surface area contributed by atoms with Crippen LogP contribution in [0.1, 0.15) is 24.5 Å². The van der Waals surface area contributed by atoms with E-state index in [-0.39, 0.29) is 5.70 Å². The van der Waals surface area contributed by atoms with Crippen LogP contribution in [0.3, 0.4) is 0 Å². The third kappa shape index (κ3) is 4.67. The molecular weight excluding hydrogens is 390 g/mol. The lowest BCUT2D eigenvalue weighted by Gasteiger charge is -2.10. The van der Waals surface area contributed by atoms with Crippen LogP contribution in [0.15, 0.2) is 83.5 Å². The Morgan fingerprint density at radius 2 is 1.61 bits per heavy atom. The minimum atomic E-state index is -0.479. The molecule has 0 aliphatic carbocycles. The third-order valence-electron chi connectivity index (χ3n) is 4.81. The predicted octanol–water partition coefficient (Wildman–Crippen LogP) is 5.50. The Hall–Kier alpha value is -3.86. The van der Waals surface area contributed by atoms with E-state index < -0.39 is 5.97 Å². The number of methoxy groups -OCH3 is 1. The number of hydrogen-bond donors (Lipinski definition) is 0. The first-order valence-electron chi connectivity index (χ1n) is 10.2. The maximum absolute atomic E-state index is 12.4. The van der Waals surface area contributed by atoms with Crippen LogP contribution in [-0.4, -0.2) is 25.6 Å². The molecule has 3 aromatic rings. The van der Waals surface area contributed by atoms with Gasteiger partial charge in [-0.3, -0.25) is 0 Å². The van der Waals surface area contributed by atoms with Crippen molar-refractivity contribution in [3.63, 3.8) is 0 Å². The van der Waals surface area contributed by atoms with Gasteiger partial charge >= 0.3 is 5.97 Å². The normalized spacial score (nSPS) is 14.3. The predicted molar refractivity (Wildman–Crippen MR) is 121 cm³/mol. The topological polar surface area (TPSA) is 57.1 Å². The van der Waals surface area contributed by atoms with Crippen LogP contribution in [0, 0.1) is 0 Å². The van der Waals surface area contributed by atoms with Gasteiger partial charge in [0.15, 0.2) is 17.2 Å². The first-order valence-corrected chi connectivity index (χ1v) is 10.2. The van der Waals surface area contributed by atoms with Gasteiger partial charge in [0.1, 0.15) is 0 Å². The van der Waals surface area contributed by atoms with Crippen molar-refractivity contribution in [1.29, 1.82) is 0 Å². The first-order chi connectivity index (χ1) is 15.2. The summed E-state index contributed by atoms with van der Waals surface area (Å²) in [6.45, 7) is 2.65. The molecule has 5 nitrogen and oxygen atoms in total. The quantitative estimate of drug-likeness (QED) is 0.379. The van der Waals surface area contributed by atoms with Gasteiger partial charge in [-0.05, 0) is 53.5 Å². The Bertz CT molecular complexity index is 1130. The number of nitrogens with zero attached hydrogens (tertiary/aromatic N) is 1. The number of carbonyl (C=O) groups is 1. The maximum atomic E-state index is 12.4. The molecule has 0 unspecified atom stereocenters. The molecule has 0 saturated carbocycles. The lowest BCUT2D eigenvalue weighted by atomic mass is 10.0. The summed E-state index contributed by atoms with van der Waals surface area (Å²) in [5.74, 6) is 1.09. The van der Waals surface area contributed by atoms with Crippen molar-refractivity contribution in [2.45, 2.75) is 13.3 Å². The van der Waals surface area contributed by atoms with Gasteiger partial charge in [-0.2, -0.15) is 0 Å². The molecule has 4 rings (SSSR count). The lowest BCUT2D eigenvalue weighted by molar-refractivity contribution is -0.129. The Labute approximate surface area is 181 Å². The number of ether oxygens (including phenoxy) is 3. The second kappa shape index (κ2) is 9.30. The van der Waals surface area contributed by atoms with Crippen LogP contribution in [-0.2, 0) is 9.53 Å². The maximum Gasteiger partial charge on any atom is 0.363 e. The van der Waals surface area contributed by atoms with Crippen LogP contribution >= 0.6 is 0 Å². The van der Waals surface area contributed by atoms with Crippen molar-refractivity contribution in [2.75, 3.05) is 13.7 Å². The van der Waals surface area contributed by atoms with E-state index in [1.807, 2.05) is 67.6 Å². The van der Waals surface area contributed by atoms with Crippen molar-refractivity contribution in [1.82, 2.24) is 0 Å². The molecule has 0 N–H and O–H groups in total. The van der Waals surface area contributed by atoms with Crippen LogP contribution < -0.4 is 9.47 Å². The third-order valence-corrected chi connectivity index (χ3v) is 4.81. The second-order valence-electron chi connectivity index (χ2n) is 7.04. The molecule has 0 saturated heterocycles. The number of benzene rings is 3. The monoisotopic (exact) mass is 413 g/mol. The molecule has 1 aliphatic heterocycles. The Morgan fingerprint density at radius 1 is 0.903 bits per heavy atom. The molecule has 0 bridgehead atoms. The van der Waals surface area contributed by atoms with Crippen LogP contribution in [0.4, 0.5) is 0 Å². The van der Waals surface area contributed by atoms with E-state index in [4.69, 9.17) is 14.2 Å². The van der Waals surface area contributed by atoms with E-state index in [1.54, 1.807) is 13.2 Å². The number of aliphatic imine (C=N–C) groups is 1. The molecule has 0 atom stereocenters. The highest BCUT2D eigenvalue weighted by atomic mass is 16.6. The first kappa shape index (κ1) is 20.4. The molecule has 1 aliphatic rings. The van der Waals surface area contributed by atoms with E-state index in [0.717, 1.165) is 28.7 Å². The van der Waals surface area contributed by atoms with Crippen LogP contribution in [0.5, 0.6) is 11.5 Å². The summed E-state index contributed by atoms with van der Waals surface area (Å²) < 4.78 is 16.5. The second-order valence-corrected chi connectivity index (χ2v) is 7.04. The fourth-order valence-corrected chi connectivity index (χ4v) is 3.23. The zero-order valence-electron chi connectivity index (χ0n) is 17.5. The molecule has 0 fully saturated rings. The molecular formula is C26H23NO4. The van der Waals surface area contributed by atoms with Crippen molar-refractivity contribution >= 4 is 17.9 Å². The highest BCUT2D eigenvalue weighted by Gasteiger charge is 2.24. The van der Waals surface area contributed by atoms with Crippen molar-refractivity contribution in [2.24, 2.45) is 4.99 Å². The van der Waals surface area contributed by atoms with E-state index in [9.17, 15) is 4.79 Å². The van der Waals surface area contributed by atoms with Gasteiger partial charge in [0, 0.05) is 5.56 Å².